The normalized spacial score (nSPS) is 11.6. The molecule has 0 radical (unpaired) electrons. The topological polar surface area (TPSA) is 137 Å². The van der Waals surface area contributed by atoms with E-state index in [0.29, 0.717) is 11.4 Å². The lowest BCUT2D eigenvalue weighted by molar-refractivity contribution is 0.0950. The van der Waals surface area contributed by atoms with E-state index in [1.807, 2.05) is 41.8 Å². The molecule has 0 saturated heterocycles. The molecule has 0 aliphatic rings. The van der Waals surface area contributed by atoms with Crippen LogP contribution >= 0.6 is 27.3 Å². The van der Waals surface area contributed by atoms with Crippen LogP contribution in [0.25, 0.3) is 16.4 Å². The number of nitrogens with one attached hydrogen (secondary N) is 1. The highest BCUT2D eigenvalue weighted by atomic mass is 79.9. The molecule has 0 bridgehead atoms. The van der Waals surface area contributed by atoms with Crippen LogP contribution in [0.5, 0.6) is 0 Å². The lowest BCUT2D eigenvalue weighted by Gasteiger charge is -2.04. The number of anilines is 1. The third kappa shape index (κ3) is 3.79. The Labute approximate surface area is 176 Å². The SMILES string of the molecule is C/C(=N/NC(=O)c1nnn(-c2nonc2N)c1-c1cccs1)c1ccc(Br)cc1. The van der Waals surface area contributed by atoms with Gasteiger partial charge in [0.15, 0.2) is 5.69 Å². The van der Waals surface area contributed by atoms with Gasteiger partial charge in [-0.15, -0.1) is 16.4 Å². The summed E-state index contributed by atoms with van der Waals surface area (Å²) < 4.78 is 6.91. The van der Waals surface area contributed by atoms with E-state index in [9.17, 15) is 4.79 Å². The van der Waals surface area contributed by atoms with E-state index in [4.69, 9.17) is 5.73 Å². The molecule has 0 saturated carbocycles. The smallest absolute Gasteiger partial charge is 0.294 e. The summed E-state index contributed by atoms with van der Waals surface area (Å²) in [5, 5.41) is 21.3. The van der Waals surface area contributed by atoms with Crippen LogP contribution in [0.3, 0.4) is 0 Å². The number of rotatable bonds is 5. The second-order valence-electron chi connectivity index (χ2n) is 5.79. The first kappa shape index (κ1) is 19.0. The minimum absolute atomic E-state index is 0.0313. The Balaban J connectivity index is 1.67. The van der Waals surface area contributed by atoms with Gasteiger partial charge in [0.2, 0.25) is 11.6 Å². The second kappa shape index (κ2) is 7.93. The highest BCUT2D eigenvalue weighted by Crippen LogP contribution is 2.29. The predicted molar refractivity (Wildman–Crippen MR) is 111 cm³/mol. The van der Waals surface area contributed by atoms with Crippen LogP contribution in [0, 0.1) is 0 Å². The number of thiophene rings is 1. The van der Waals surface area contributed by atoms with Gasteiger partial charge in [0.25, 0.3) is 5.91 Å². The molecule has 0 atom stereocenters. The third-order valence-electron chi connectivity index (χ3n) is 3.92. The van der Waals surface area contributed by atoms with Crippen LogP contribution in [0.4, 0.5) is 5.82 Å². The minimum Gasteiger partial charge on any atom is -0.378 e. The number of hydrogen-bond donors (Lipinski definition) is 2. The van der Waals surface area contributed by atoms with E-state index < -0.39 is 5.91 Å². The summed E-state index contributed by atoms with van der Waals surface area (Å²) in [6.07, 6.45) is 0. The van der Waals surface area contributed by atoms with Gasteiger partial charge in [0, 0.05) is 4.47 Å². The fourth-order valence-electron chi connectivity index (χ4n) is 2.50. The van der Waals surface area contributed by atoms with Crippen molar-refractivity contribution in [2.45, 2.75) is 6.92 Å². The first-order valence-corrected chi connectivity index (χ1v) is 9.90. The zero-order chi connectivity index (χ0) is 20.4. The Morgan fingerprint density at radius 3 is 2.72 bits per heavy atom. The largest absolute Gasteiger partial charge is 0.378 e. The Hall–Kier alpha value is -3.38. The van der Waals surface area contributed by atoms with Crippen molar-refractivity contribution in [2.24, 2.45) is 5.10 Å². The molecular formula is C17H13BrN8O2S. The maximum absolute atomic E-state index is 12.8. The average Bonchev–Trinajstić information content (AvgIpc) is 3.46. The standard InChI is InChI=1S/C17H13BrN8O2S/c1-9(10-4-6-11(18)7-5-10)20-22-17(27)13-14(12-3-2-8-29-12)26(25-21-13)16-15(19)23-28-24-16/h2-8H,1H3,(H2,19,23)(H,22,27)/b20-9-. The molecule has 12 heteroatoms. The van der Waals surface area contributed by atoms with E-state index in [1.54, 1.807) is 6.92 Å². The van der Waals surface area contributed by atoms with Crippen molar-refractivity contribution in [3.63, 3.8) is 0 Å². The number of hydrogen-bond acceptors (Lipinski definition) is 9. The summed E-state index contributed by atoms with van der Waals surface area (Å²) in [5.41, 5.74) is 10.3. The molecule has 0 aliphatic carbocycles. The first-order chi connectivity index (χ1) is 14.0. The number of carbonyl (C=O) groups excluding carboxylic acids is 1. The molecule has 146 valence electrons. The fourth-order valence-corrected chi connectivity index (χ4v) is 3.52. The summed E-state index contributed by atoms with van der Waals surface area (Å²) in [7, 11) is 0. The number of nitrogen functional groups attached to an aromatic ring is 1. The van der Waals surface area contributed by atoms with E-state index >= 15 is 0 Å². The van der Waals surface area contributed by atoms with Crippen LogP contribution in [0.1, 0.15) is 23.0 Å². The van der Waals surface area contributed by atoms with Gasteiger partial charge in [0.1, 0.15) is 5.69 Å². The summed E-state index contributed by atoms with van der Waals surface area (Å²) in [4.78, 5) is 13.5. The molecule has 0 fully saturated rings. The van der Waals surface area contributed by atoms with Crippen molar-refractivity contribution in [1.82, 2.24) is 30.7 Å². The Kier molecular flexibility index (Phi) is 5.18. The number of benzene rings is 1. The number of aromatic nitrogens is 5. The van der Waals surface area contributed by atoms with Gasteiger partial charge in [-0.05, 0) is 46.4 Å². The quantitative estimate of drug-likeness (QED) is 0.336. The number of carbonyl (C=O) groups is 1. The van der Waals surface area contributed by atoms with Gasteiger partial charge in [-0.3, -0.25) is 4.79 Å². The zero-order valence-electron chi connectivity index (χ0n) is 14.9. The molecule has 3 N–H and O–H groups in total. The summed E-state index contributed by atoms with van der Waals surface area (Å²) in [6, 6.07) is 11.3. The monoisotopic (exact) mass is 472 g/mol. The molecule has 3 aromatic heterocycles. The van der Waals surface area contributed by atoms with Crippen LogP contribution in [-0.4, -0.2) is 36.9 Å². The molecule has 0 unspecified atom stereocenters. The number of halogens is 1. The van der Waals surface area contributed by atoms with Crippen molar-refractivity contribution in [2.75, 3.05) is 5.73 Å². The number of amides is 1. The lowest BCUT2D eigenvalue weighted by atomic mass is 10.1. The predicted octanol–water partition coefficient (Wildman–Crippen LogP) is 2.88. The van der Waals surface area contributed by atoms with Gasteiger partial charge in [-0.1, -0.05) is 39.3 Å². The maximum atomic E-state index is 12.8. The number of hydrazone groups is 1. The Morgan fingerprint density at radius 2 is 2.07 bits per heavy atom. The van der Waals surface area contributed by atoms with Crippen molar-refractivity contribution in [3.8, 4) is 16.4 Å². The average molecular weight is 473 g/mol. The van der Waals surface area contributed by atoms with Crippen LogP contribution in [-0.2, 0) is 0 Å². The fraction of sp³-hybridized carbons (Fsp3) is 0.0588. The number of nitrogens with zero attached hydrogens (tertiary/aromatic N) is 6. The van der Waals surface area contributed by atoms with Crippen molar-refractivity contribution in [1.29, 1.82) is 0 Å². The summed E-state index contributed by atoms with van der Waals surface area (Å²) in [5.74, 6) is -0.343. The highest BCUT2D eigenvalue weighted by Gasteiger charge is 2.25. The van der Waals surface area contributed by atoms with Gasteiger partial charge < -0.3 is 5.73 Å². The summed E-state index contributed by atoms with van der Waals surface area (Å²) in [6.45, 7) is 1.79. The maximum Gasteiger partial charge on any atom is 0.294 e. The van der Waals surface area contributed by atoms with Crippen molar-refractivity contribution < 1.29 is 9.42 Å². The van der Waals surface area contributed by atoms with Gasteiger partial charge in [0.05, 0.1) is 10.6 Å². The molecular weight excluding hydrogens is 460 g/mol. The van der Waals surface area contributed by atoms with Gasteiger partial charge >= 0.3 is 0 Å². The molecule has 4 rings (SSSR count). The van der Waals surface area contributed by atoms with Crippen LogP contribution in [0.15, 0.2) is 56.0 Å². The molecule has 0 spiro atoms. The van der Waals surface area contributed by atoms with Gasteiger partial charge in [-0.25, -0.2) is 10.1 Å². The van der Waals surface area contributed by atoms with Gasteiger partial charge in [-0.2, -0.15) is 9.78 Å². The Bertz CT molecular complexity index is 1180. The number of nitrogens with two attached hydrogens (primary N) is 1. The molecule has 1 amide bonds. The summed E-state index contributed by atoms with van der Waals surface area (Å²) >= 11 is 4.80. The molecule has 4 aromatic rings. The van der Waals surface area contributed by atoms with E-state index in [1.165, 1.54) is 16.0 Å². The zero-order valence-corrected chi connectivity index (χ0v) is 17.3. The van der Waals surface area contributed by atoms with Crippen molar-refractivity contribution >= 4 is 44.7 Å². The van der Waals surface area contributed by atoms with E-state index in [-0.39, 0.29) is 17.3 Å². The second-order valence-corrected chi connectivity index (χ2v) is 7.66. The van der Waals surface area contributed by atoms with E-state index in [0.717, 1.165) is 14.9 Å². The van der Waals surface area contributed by atoms with E-state index in [2.05, 4.69) is 51.7 Å². The van der Waals surface area contributed by atoms with Crippen molar-refractivity contribution in [3.05, 3.63) is 57.5 Å². The lowest BCUT2D eigenvalue weighted by Crippen LogP contribution is -2.20. The van der Waals surface area contributed by atoms with Crippen LogP contribution in [0.2, 0.25) is 0 Å². The third-order valence-corrected chi connectivity index (χ3v) is 5.33. The highest BCUT2D eigenvalue weighted by molar-refractivity contribution is 9.10. The molecule has 3 heterocycles. The minimum atomic E-state index is -0.522. The Morgan fingerprint density at radius 1 is 1.28 bits per heavy atom. The first-order valence-electron chi connectivity index (χ1n) is 8.23. The molecule has 0 aliphatic heterocycles. The molecule has 29 heavy (non-hydrogen) atoms. The molecule has 1 aromatic carbocycles. The van der Waals surface area contributed by atoms with Crippen LogP contribution < -0.4 is 11.2 Å². The molecule has 10 nitrogen and oxygen atoms in total.